The SMILES string of the molecule is C[C@@H]1CNCCC1N(C)c1ccc(-c2ccc(-c3cn[nH]c3)c3ncsc23)nn1. The van der Waals surface area contributed by atoms with Gasteiger partial charge in [0.1, 0.15) is 0 Å². The van der Waals surface area contributed by atoms with Crippen molar-refractivity contribution in [2.24, 2.45) is 5.92 Å². The molecule has 1 unspecified atom stereocenters. The maximum atomic E-state index is 4.59. The van der Waals surface area contributed by atoms with Gasteiger partial charge < -0.3 is 10.2 Å². The lowest BCUT2D eigenvalue weighted by Gasteiger charge is -2.37. The standard InChI is InChI=1S/C21H23N7S/c1-13-9-22-8-7-18(13)28(2)19-6-5-17(26-27-19)16-4-3-15(14-10-24-25-11-14)20-21(16)29-12-23-20/h3-6,10-13,18,22H,7-9H2,1-2H3,(H,24,25)/t13-,18?/m1/s1. The van der Waals surface area contributed by atoms with E-state index in [1.54, 1.807) is 11.3 Å². The highest BCUT2D eigenvalue weighted by molar-refractivity contribution is 7.17. The van der Waals surface area contributed by atoms with Gasteiger partial charge in [0.15, 0.2) is 5.82 Å². The van der Waals surface area contributed by atoms with E-state index < -0.39 is 0 Å². The highest BCUT2D eigenvalue weighted by Gasteiger charge is 2.26. The number of aromatic amines is 1. The van der Waals surface area contributed by atoms with E-state index in [0.717, 1.165) is 57.9 Å². The molecule has 148 valence electrons. The van der Waals surface area contributed by atoms with Crippen LogP contribution in [0.15, 0.2) is 42.2 Å². The molecule has 0 amide bonds. The van der Waals surface area contributed by atoms with Gasteiger partial charge in [-0.25, -0.2) is 4.98 Å². The largest absolute Gasteiger partial charge is 0.355 e. The van der Waals surface area contributed by atoms with Crippen LogP contribution >= 0.6 is 11.3 Å². The molecule has 1 aromatic carbocycles. The van der Waals surface area contributed by atoms with Gasteiger partial charge in [0.25, 0.3) is 0 Å². The second-order valence-electron chi connectivity index (χ2n) is 7.60. The molecule has 29 heavy (non-hydrogen) atoms. The smallest absolute Gasteiger partial charge is 0.151 e. The molecular weight excluding hydrogens is 382 g/mol. The van der Waals surface area contributed by atoms with Crippen LogP contribution in [-0.2, 0) is 0 Å². The average Bonchev–Trinajstić information content (AvgIpc) is 3.45. The lowest BCUT2D eigenvalue weighted by atomic mass is 9.94. The number of fused-ring (bicyclic) bond motifs is 1. The Morgan fingerprint density at radius 1 is 1.14 bits per heavy atom. The monoisotopic (exact) mass is 405 g/mol. The van der Waals surface area contributed by atoms with Gasteiger partial charge >= 0.3 is 0 Å². The number of benzene rings is 1. The van der Waals surface area contributed by atoms with Gasteiger partial charge in [-0.1, -0.05) is 19.1 Å². The van der Waals surface area contributed by atoms with Crippen LogP contribution < -0.4 is 10.2 Å². The second kappa shape index (κ2) is 7.53. The molecule has 0 aliphatic carbocycles. The Morgan fingerprint density at radius 2 is 2.03 bits per heavy atom. The van der Waals surface area contributed by atoms with Crippen molar-refractivity contribution in [2.45, 2.75) is 19.4 Å². The zero-order chi connectivity index (χ0) is 19.8. The number of piperidine rings is 1. The van der Waals surface area contributed by atoms with Crippen LogP contribution in [-0.4, -0.2) is 51.6 Å². The minimum absolute atomic E-state index is 0.485. The first kappa shape index (κ1) is 18.2. The molecule has 0 bridgehead atoms. The molecule has 2 N–H and O–H groups in total. The number of thiazole rings is 1. The minimum Gasteiger partial charge on any atom is -0.355 e. The fraction of sp³-hybridized carbons (Fsp3) is 0.333. The summed E-state index contributed by atoms with van der Waals surface area (Å²) in [4.78, 5) is 6.86. The number of hydrogen-bond acceptors (Lipinski definition) is 7. The first-order valence-corrected chi connectivity index (χ1v) is 10.7. The average molecular weight is 406 g/mol. The second-order valence-corrected chi connectivity index (χ2v) is 8.46. The fourth-order valence-corrected chi connectivity index (χ4v) is 5.02. The minimum atomic E-state index is 0.485. The summed E-state index contributed by atoms with van der Waals surface area (Å²) in [6.45, 7) is 4.39. The van der Waals surface area contributed by atoms with E-state index in [-0.39, 0.29) is 0 Å². The Labute approximate surface area is 173 Å². The van der Waals surface area contributed by atoms with Crippen molar-refractivity contribution in [3.63, 3.8) is 0 Å². The summed E-state index contributed by atoms with van der Waals surface area (Å²) in [5, 5.41) is 19.5. The molecule has 1 aliphatic heterocycles. The van der Waals surface area contributed by atoms with Crippen LogP contribution in [0.2, 0.25) is 0 Å². The van der Waals surface area contributed by atoms with Crippen molar-refractivity contribution in [1.82, 2.24) is 30.7 Å². The van der Waals surface area contributed by atoms with E-state index >= 15 is 0 Å². The molecule has 0 saturated carbocycles. The summed E-state index contributed by atoms with van der Waals surface area (Å²) < 4.78 is 1.12. The molecule has 3 aromatic heterocycles. The zero-order valence-corrected chi connectivity index (χ0v) is 17.3. The number of nitrogens with one attached hydrogen (secondary N) is 2. The third kappa shape index (κ3) is 3.28. The van der Waals surface area contributed by atoms with Gasteiger partial charge in [-0.05, 0) is 37.6 Å². The maximum Gasteiger partial charge on any atom is 0.151 e. The van der Waals surface area contributed by atoms with E-state index in [1.165, 1.54) is 0 Å². The molecule has 8 heteroatoms. The fourth-order valence-electron chi connectivity index (χ4n) is 4.19. The Morgan fingerprint density at radius 3 is 2.79 bits per heavy atom. The molecule has 0 spiro atoms. The molecule has 7 nitrogen and oxygen atoms in total. The normalized spacial score (nSPS) is 19.5. The molecular formula is C21H23N7S. The predicted octanol–water partition coefficient (Wildman–Crippen LogP) is 3.58. The van der Waals surface area contributed by atoms with Crippen molar-refractivity contribution < 1.29 is 0 Å². The molecule has 2 atom stereocenters. The summed E-state index contributed by atoms with van der Waals surface area (Å²) in [5.41, 5.74) is 6.89. The molecule has 1 saturated heterocycles. The van der Waals surface area contributed by atoms with Crippen LogP contribution in [0.4, 0.5) is 5.82 Å². The molecule has 0 radical (unpaired) electrons. The van der Waals surface area contributed by atoms with E-state index in [4.69, 9.17) is 0 Å². The number of H-pyrrole nitrogens is 1. The van der Waals surface area contributed by atoms with Crippen LogP contribution in [0, 0.1) is 5.92 Å². The van der Waals surface area contributed by atoms with Crippen LogP contribution in [0.5, 0.6) is 0 Å². The number of aromatic nitrogens is 5. The van der Waals surface area contributed by atoms with Gasteiger partial charge in [-0.15, -0.1) is 21.5 Å². The number of anilines is 1. The third-order valence-electron chi connectivity index (χ3n) is 5.82. The van der Waals surface area contributed by atoms with Gasteiger partial charge in [0.2, 0.25) is 0 Å². The van der Waals surface area contributed by atoms with E-state index in [9.17, 15) is 0 Å². The number of rotatable bonds is 4. The van der Waals surface area contributed by atoms with Crippen molar-refractivity contribution in [3.05, 3.63) is 42.2 Å². The summed E-state index contributed by atoms with van der Waals surface area (Å²) in [6.07, 6.45) is 4.83. The topological polar surface area (TPSA) is 82.6 Å². The number of hydrogen-bond donors (Lipinski definition) is 2. The van der Waals surface area contributed by atoms with Crippen LogP contribution in [0.25, 0.3) is 32.6 Å². The first-order chi connectivity index (χ1) is 14.2. The Hall–Kier alpha value is -2.84. The van der Waals surface area contributed by atoms with Gasteiger partial charge in [0.05, 0.1) is 27.6 Å². The van der Waals surface area contributed by atoms with Crippen molar-refractivity contribution in [2.75, 3.05) is 25.0 Å². The van der Waals surface area contributed by atoms with Gasteiger partial charge in [0, 0.05) is 36.0 Å². The Balaban J connectivity index is 1.47. The lowest BCUT2D eigenvalue weighted by Crippen LogP contribution is -2.47. The van der Waals surface area contributed by atoms with E-state index in [2.05, 4.69) is 73.8 Å². The van der Waals surface area contributed by atoms with Crippen LogP contribution in [0.1, 0.15) is 13.3 Å². The molecule has 5 rings (SSSR count). The highest BCUT2D eigenvalue weighted by atomic mass is 32.1. The lowest BCUT2D eigenvalue weighted by molar-refractivity contribution is 0.338. The van der Waals surface area contributed by atoms with Crippen molar-refractivity contribution >= 4 is 27.4 Å². The maximum absolute atomic E-state index is 4.59. The van der Waals surface area contributed by atoms with Crippen molar-refractivity contribution in [1.29, 1.82) is 0 Å². The quantitative estimate of drug-likeness (QED) is 0.540. The molecule has 1 aliphatic rings. The predicted molar refractivity (Wildman–Crippen MR) is 117 cm³/mol. The molecule has 1 fully saturated rings. The Kier molecular flexibility index (Phi) is 4.73. The van der Waals surface area contributed by atoms with Crippen molar-refractivity contribution in [3.8, 4) is 22.4 Å². The van der Waals surface area contributed by atoms with E-state index in [1.807, 2.05) is 17.9 Å². The Bertz CT molecular complexity index is 1100. The van der Waals surface area contributed by atoms with Gasteiger partial charge in [-0.2, -0.15) is 5.10 Å². The van der Waals surface area contributed by atoms with E-state index in [0.29, 0.717) is 12.0 Å². The molecule has 4 heterocycles. The first-order valence-electron chi connectivity index (χ1n) is 9.85. The third-order valence-corrected chi connectivity index (χ3v) is 6.68. The number of nitrogens with zero attached hydrogens (tertiary/aromatic N) is 5. The molecule has 4 aromatic rings. The summed E-state index contributed by atoms with van der Waals surface area (Å²) in [7, 11) is 2.12. The van der Waals surface area contributed by atoms with Crippen LogP contribution in [0.3, 0.4) is 0 Å². The van der Waals surface area contributed by atoms with Gasteiger partial charge in [-0.3, -0.25) is 5.10 Å². The zero-order valence-electron chi connectivity index (χ0n) is 16.5. The summed E-state index contributed by atoms with van der Waals surface area (Å²) >= 11 is 1.63. The summed E-state index contributed by atoms with van der Waals surface area (Å²) in [5.74, 6) is 1.51. The summed E-state index contributed by atoms with van der Waals surface area (Å²) in [6, 6.07) is 8.81. The highest BCUT2D eigenvalue weighted by Crippen LogP contribution is 2.36.